The predicted molar refractivity (Wildman–Crippen MR) is 72.7 cm³/mol. The van der Waals surface area contributed by atoms with E-state index < -0.39 is 10.0 Å². The van der Waals surface area contributed by atoms with Crippen molar-refractivity contribution in [3.8, 4) is 0 Å². The Morgan fingerprint density at radius 3 is 2.72 bits per heavy atom. The lowest BCUT2D eigenvalue weighted by Crippen LogP contribution is -2.31. The van der Waals surface area contributed by atoms with Crippen LogP contribution in [0.25, 0.3) is 0 Å². The first kappa shape index (κ1) is 13.5. The summed E-state index contributed by atoms with van der Waals surface area (Å²) >= 11 is 0. The Morgan fingerprint density at radius 1 is 1.33 bits per heavy atom. The normalized spacial score (nSPS) is 21.3. The minimum absolute atomic E-state index is 0.111. The zero-order valence-corrected chi connectivity index (χ0v) is 11.5. The van der Waals surface area contributed by atoms with Gasteiger partial charge in [-0.2, -0.15) is 0 Å². The summed E-state index contributed by atoms with van der Waals surface area (Å²) < 4.78 is 26.1. The molecule has 1 aliphatic heterocycles. The molecular weight excluding hydrogens is 248 g/mol. The number of hydrogen-bond donors (Lipinski definition) is 1. The number of hydrogen-bond acceptors (Lipinski definition) is 3. The SMILES string of the molecule is CNCC1CCN(S(=O)(=O)Cc2ccccc2)C1. The van der Waals surface area contributed by atoms with Crippen LogP contribution in [0.15, 0.2) is 30.3 Å². The van der Waals surface area contributed by atoms with Gasteiger partial charge in [-0.3, -0.25) is 0 Å². The Balaban J connectivity index is 2.00. The van der Waals surface area contributed by atoms with Gasteiger partial charge in [0.1, 0.15) is 0 Å². The maximum absolute atomic E-state index is 12.3. The minimum Gasteiger partial charge on any atom is -0.319 e. The molecule has 1 atom stereocenters. The molecule has 0 aliphatic carbocycles. The van der Waals surface area contributed by atoms with Crippen LogP contribution in [0.4, 0.5) is 0 Å². The molecule has 0 saturated carbocycles. The lowest BCUT2D eigenvalue weighted by Gasteiger charge is -2.16. The van der Waals surface area contributed by atoms with Gasteiger partial charge >= 0.3 is 0 Å². The highest BCUT2D eigenvalue weighted by molar-refractivity contribution is 7.88. The average Bonchev–Trinajstić information content (AvgIpc) is 2.80. The average molecular weight is 268 g/mol. The van der Waals surface area contributed by atoms with Crippen LogP contribution in [0.3, 0.4) is 0 Å². The van der Waals surface area contributed by atoms with E-state index in [4.69, 9.17) is 0 Å². The summed E-state index contributed by atoms with van der Waals surface area (Å²) in [6, 6.07) is 9.36. The predicted octanol–water partition coefficient (Wildman–Crippen LogP) is 1.06. The van der Waals surface area contributed by atoms with E-state index in [0.29, 0.717) is 19.0 Å². The van der Waals surface area contributed by atoms with Gasteiger partial charge < -0.3 is 5.32 Å². The number of nitrogens with zero attached hydrogens (tertiary/aromatic N) is 1. The molecule has 0 amide bonds. The number of rotatable bonds is 5. The second-order valence-electron chi connectivity index (χ2n) is 4.81. The van der Waals surface area contributed by atoms with E-state index in [0.717, 1.165) is 18.5 Å². The first-order valence-corrected chi connectivity index (χ1v) is 7.89. The van der Waals surface area contributed by atoms with Crippen molar-refractivity contribution in [3.63, 3.8) is 0 Å². The standard InChI is InChI=1S/C13H20N2O2S/c1-14-9-13-7-8-15(10-13)18(16,17)11-12-5-3-2-4-6-12/h2-6,13-14H,7-11H2,1H3. The monoisotopic (exact) mass is 268 g/mol. The molecule has 1 fully saturated rings. The molecule has 1 N–H and O–H groups in total. The van der Waals surface area contributed by atoms with Crippen molar-refractivity contribution in [1.29, 1.82) is 0 Å². The zero-order valence-electron chi connectivity index (χ0n) is 10.7. The molecule has 2 rings (SSSR count). The molecule has 1 heterocycles. The van der Waals surface area contributed by atoms with E-state index in [1.807, 2.05) is 37.4 Å². The first-order valence-electron chi connectivity index (χ1n) is 6.28. The van der Waals surface area contributed by atoms with Crippen molar-refractivity contribution < 1.29 is 8.42 Å². The van der Waals surface area contributed by atoms with E-state index in [2.05, 4.69) is 5.32 Å². The smallest absolute Gasteiger partial charge is 0.218 e. The van der Waals surface area contributed by atoms with Gasteiger partial charge in [-0.05, 0) is 31.5 Å². The molecule has 1 saturated heterocycles. The van der Waals surface area contributed by atoms with Crippen molar-refractivity contribution in [2.45, 2.75) is 12.2 Å². The van der Waals surface area contributed by atoms with Gasteiger partial charge in [0.2, 0.25) is 10.0 Å². The lowest BCUT2D eigenvalue weighted by molar-refractivity contribution is 0.450. The fourth-order valence-electron chi connectivity index (χ4n) is 2.38. The molecule has 1 aliphatic rings. The first-order chi connectivity index (χ1) is 8.62. The van der Waals surface area contributed by atoms with Crippen molar-refractivity contribution in [3.05, 3.63) is 35.9 Å². The molecule has 1 aromatic carbocycles. The van der Waals surface area contributed by atoms with Crippen LogP contribution < -0.4 is 5.32 Å². The van der Waals surface area contributed by atoms with E-state index in [1.54, 1.807) is 4.31 Å². The molecule has 0 bridgehead atoms. The molecule has 18 heavy (non-hydrogen) atoms. The van der Waals surface area contributed by atoms with Crippen LogP contribution in [0, 0.1) is 5.92 Å². The Kier molecular flexibility index (Phi) is 4.37. The summed E-state index contributed by atoms with van der Waals surface area (Å²) in [6.07, 6.45) is 0.953. The lowest BCUT2D eigenvalue weighted by atomic mass is 10.1. The minimum atomic E-state index is -3.16. The molecule has 100 valence electrons. The molecule has 0 radical (unpaired) electrons. The van der Waals surface area contributed by atoms with E-state index in [9.17, 15) is 8.42 Å². The Bertz CT molecular complexity index is 473. The van der Waals surface area contributed by atoms with Crippen molar-refractivity contribution in [2.75, 3.05) is 26.7 Å². The Labute approximate surface area is 109 Å². The molecule has 1 aromatic rings. The van der Waals surface area contributed by atoms with Crippen LogP contribution in [0.5, 0.6) is 0 Å². The van der Waals surface area contributed by atoms with E-state index in [1.165, 1.54) is 0 Å². The van der Waals surface area contributed by atoms with Crippen molar-refractivity contribution in [2.24, 2.45) is 5.92 Å². The molecule has 1 unspecified atom stereocenters. The van der Waals surface area contributed by atoms with Gasteiger partial charge in [-0.25, -0.2) is 12.7 Å². The fourth-order valence-corrected chi connectivity index (χ4v) is 4.00. The number of benzene rings is 1. The maximum atomic E-state index is 12.3. The Morgan fingerprint density at radius 2 is 2.06 bits per heavy atom. The molecule has 0 aromatic heterocycles. The summed E-state index contributed by atoms with van der Waals surface area (Å²) in [6.45, 7) is 2.19. The highest BCUT2D eigenvalue weighted by Gasteiger charge is 2.30. The summed E-state index contributed by atoms with van der Waals surface area (Å²) in [7, 11) is -1.25. The maximum Gasteiger partial charge on any atom is 0.218 e. The molecular formula is C13H20N2O2S. The third-order valence-corrected chi connectivity index (χ3v) is 5.14. The van der Waals surface area contributed by atoms with E-state index >= 15 is 0 Å². The molecule has 4 nitrogen and oxygen atoms in total. The van der Waals surface area contributed by atoms with Crippen LogP contribution in [0.2, 0.25) is 0 Å². The second-order valence-corrected chi connectivity index (χ2v) is 6.78. The van der Waals surface area contributed by atoms with Gasteiger partial charge in [-0.1, -0.05) is 30.3 Å². The Hall–Kier alpha value is -0.910. The summed E-state index contributed by atoms with van der Waals surface area (Å²) in [4.78, 5) is 0. The molecule has 5 heteroatoms. The van der Waals surface area contributed by atoms with Crippen molar-refractivity contribution in [1.82, 2.24) is 9.62 Å². The van der Waals surface area contributed by atoms with Crippen LogP contribution in [-0.4, -0.2) is 39.4 Å². The van der Waals surface area contributed by atoms with Gasteiger partial charge in [-0.15, -0.1) is 0 Å². The van der Waals surface area contributed by atoms with Gasteiger partial charge in [0.25, 0.3) is 0 Å². The largest absolute Gasteiger partial charge is 0.319 e. The topological polar surface area (TPSA) is 49.4 Å². The number of nitrogens with one attached hydrogen (secondary N) is 1. The van der Waals surface area contributed by atoms with Gasteiger partial charge in [0, 0.05) is 13.1 Å². The third kappa shape index (κ3) is 3.31. The van der Waals surface area contributed by atoms with Crippen molar-refractivity contribution >= 4 is 10.0 Å². The zero-order chi connectivity index (χ0) is 13.0. The third-order valence-electron chi connectivity index (χ3n) is 3.33. The number of sulfonamides is 1. The second kappa shape index (κ2) is 5.82. The van der Waals surface area contributed by atoms with E-state index in [-0.39, 0.29) is 5.75 Å². The van der Waals surface area contributed by atoms with Crippen LogP contribution in [0.1, 0.15) is 12.0 Å². The van der Waals surface area contributed by atoms with Gasteiger partial charge in [0.15, 0.2) is 0 Å². The highest BCUT2D eigenvalue weighted by atomic mass is 32.2. The summed E-state index contributed by atoms with van der Waals surface area (Å²) in [5, 5.41) is 3.11. The molecule has 0 spiro atoms. The highest BCUT2D eigenvalue weighted by Crippen LogP contribution is 2.21. The quantitative estimate of drug-likeness (QED) is 0.868. The van der Waals surface area contributed by atoms with Crippen LogP contribution in [-0.2, 0) is 15.8 Å². The summed E-state index contributed by atoms with van der Waals surface area (Å²) in [5.74, 6) is 0.556. The van der Waals surface area contributed by atoms with Gasteiger partial charge in [0.05, 0.1) is 5.75 Å². The fraction of sp³-hybridized carbons (Fsp3) is 0.538. The van der Waals surface area contributed by atoms with Crippen LogP contribution >= 0.6 is 0 Å². The summed E-state index contributed by atoms with van der Waals surface area (Å²) in [5.41, 5.74) is 0.856.